The lowest BCUT2D eigenvalue weighted by Crippen LogP contribution is -2.44. The maximum Gasteiger partial charge on any atom is 0.410 e. The third-order valence-corrected chi connectivity index (χ3v) is 3.41. The number of rotatable bonds is 3. The van der Waals surface area contributed by atoms with E-state index < -0.39 is 30.0 Å². The van der Waals surface area contributed by atoms with E-state index in [0.717, 1.165) is 5.56 Å². The van der Waals surface area contributed by atoms with Crippen LogP contribution in [-0.4, -0.2) is 48.0 Å². The number of nitrogens with zero attached hydrogens (tertiary/aromatic N) is 1. The van der Waals surface area contributed by atoms with Crippen molar-refractivity contribution >= 4 is 12.2 Å². The van der Waals surface area contributed by atoms with Gasteiger partial charge in [-0.15, -0.1) is 0 Å². The minimum Gasteiger partial charge on any atom is -0.445 e. The van der Waals surface area contributed by atoms with Crippen molar-refractivity contribution in [3.63, 3.8) is 0 Å². The van der Waals surface area contributed by atoms with E-state index >= 15 is 0 Å². The number of amides is 2. The van der Waals surface area contributed by atoms with Gasteiger partial charge in [0.15, 0.2) is 0 Å². The van der Waals surface area contributed by atoms with Crippen LogP contribution < -0.4 is 5.32 Å². The van der Waals surface area contributed by atoms with Crippen LogP contribution in [0.3, 0.4) is 0 Å². The number of hydrogen-bond donors (Lipinski definition) is 1. The van der Waals surface area contributed by atoms with Crippen LogP contribution in [0.2, 0.25) is 0 Å². The predicted molar refractivity (Wildman–Crippen MR) is 86.3 cm³/mol. The lowest BCUT2D eigenvalue weighted by atomic mass is 10.2. The summed E-state index contributed by atoms with van der Waals surface area (Å²) in [5.41, 5.74) is 0.188. The molecule has 0 aromatic heterocycles. The van der Waals surface area contributed by atoms with Crippen LogP contribution in [0.25, 0.3) is 0 Å². The molecule has 0 unspecified atom stereocenters. The Kier molecular flexibility index (Phi) is 5.64. The van der Waals surface area contributed by atoms with Crippen molar-refractivity contribution in [2.75, 3.05) is 13.1 Å². The first-order valence-corrected chi connectivity index (χ1v) is 7.84. The number of hydrogen-bond acceptors (Lipinski definition) is 4. The van der Waals surface area contributed by atoms with Crippen molar-refractivity contribution in [1.82, 2.24) is 10.2 Å². The second-order valence-electron chi connectivity index (χ2n) is 6.71. The molecule has 1 saturated heterocycles. The molecule has 2 atom stereocenters. The number of carbonyl (C=O) groups excluding carboxylic acids is 2. The van der Waals surface area contributed by atoms with Crippen molar-refractivity contribution in [3.05, 3.63) is 35.9 Å². The summed E-state index contributed by atoms with van der Waals surface area (Å²) in [6.45, 7) is 5.23. The highest BCUT2D eigenvalue weighted by Crippen LogP contribution is 2.16. The zero-order valence-electron chi connectivity index (χ0n) is 14.1. The Morgan fingerprint density at radius 2 is 1.92 bits per heavy atom. The third-order valence-electron chi connectivity index (χ3n) is 3.41. The van der Waals surface area contributed by atoms with E-state index in [1.165, 1.54) is 4.90 Å². The molecule has 24 heavy (non-hydrogen) atoms. The molecule has 0 spiro atoms. The molecule has 1 N–H and O–H groups in total. The first kappa shape index (κ1) is 18.0. The van der Waals surface area contributed by atoms with Gasteiger partial charge < -0.3 is 19.7 Å². The molecule has 1 aromatic carbocycles. The van der Waals surface area contributed by atoms with Gasteiger partial charge in [-0.2, -0.15) is 0 Å². The number of nitrogens with one attached hydrogen (secondary N) is 1. The minimum atomic E-state index is -1.36. The predicted octanol–water partition coefficient (Wildman–Crippen LogP) is 2.87. The molecular formula is C17H23FN2O4. The number of likely N-dealkylation sites (tertiary alicyclic amines) is 1. The molecule has 1 aromatic rings. The highest BCUT2D eigenvalue weighted by atomic mass is 19.1. The Hall–Kier alpha value is -2.31. The summed E-state index contributed by atoms with van der Waals surface area (Å²) in [6.07, 6.45) is -2.66. The van der Waals surface area contributed by atoms with Crippen molar-refractivity contribution < 1.29 is 23.5 Å². The number of alkyl halides is 1. The maximum atomic E-state index is 14.0. The van der Waals surface area contributed by atoms with Gasteiger partial charge in [0, 0.05) is 6.54 Å². The molecule has 6 nitrogen and oxygen atoms in total. The molecular weight excluding hydrogens is 315 g/mol. The fraction of sp³-hybridized carbons (Fsp3) is 0.529. The summed E-state index contributed by atoms with van der Waals surface area (Å²) in [5.74, 6) is 0. The van der Waals surface area contributed by atoms with E-state index in [4.69, 9.17) is 9.47 Å². The van der Waals surface area contributed by atoms with Crippen molar-refractivity contribution in [1.29, 1.82) is 0 Å². The maximum absolute atomic E-state index is 14.0. The van der Waals surface area contributed by atoms with Gasteiger partial charge in [-0.1, -0.05) is 30.3 Å². The first-order chi connectivity index (χ1) is 11.2. The standard InChI is InChI=1S/C17H23FN2O4/c1-17(2,3)24-15(21)19-14-10-20(9-13(14)18)16(22)23-11-12-7-5-4-6-8-12/h4-8,13-14H,9-11H2,1-3H3,(H,19,21)/t13-,14-/m0/s1. The van der Waals surface area contributed by atoms with E-state index in [0.29, 0.717) is 0 Å². The summed E-state index contributed by atoms with van der Waals surface area (Å²) in [7, 11) is 0. The largest absolute Gasteiger partial charge is 0.445 e. The molecule has 7 heteroatoms. The van der Waals surface area contributed by atoms with Crippen LogP contribution >= 0.6 is 0 Å². The van der Waals surface area contributed by atoms with Gasteiger partial charge in [0.05, 0.1) is 12.6 Å². The van der Waals surface area contributed by atoms with E-state index in [1.54, 1.807) is 20.8 Å². The van der Waals surface area contributed by atoms with Crippen molar-refractivity contribution in [3.8, 4) is 0 Å². The first-order valence-electron chi connectivity index (χ1n) is 7.84. The van der Waals surface area contributed by atoms with E-state index in [-0.39, 0.29) is 19.7 Å². The summed E-state index contributed by atoms with van der Waals surface area (Å²) in [5, 5.41) is 2.46. The quantitative estimate of drug-likeness (QED) is 0.920. The molecule has 0 saturated carbocycles. The molecule has 0 aliphatic carbocycles. The molecule has 1 aliphatic heterocycles. The van der Waals surface area contributed by atoms with Crippen LogP contribution in [0.1, 0.15) is 26.3 Å². The average Bonchev–Trinajstić information content (AvgIpc) is 2.85. The van der Waals surface area contributed by atoms with E-state index in [1.807, 2.05) is 30.3 Å². The normalized spacial score (nSPS) is 20.6. The lowest BCUT2D eigenvalue weighted by Gasteiger charge is -2.22. The van der Waals surface area contributed by atoms with Crippen LogP contribution in [0, 0.1) is 0 Å². The molecule has 1 fully saturated rings. The van der Waals surface area contributed by atoms with Crippen LogP contribution in [-0.2, 0) is 16.1 Å². The highest BCUT2D eigenvalue weighted by molar-refractivity contribution is 5.70. The summed E-state index contributed by atoms with van der Waals surface area (Å²) < 4.78 is 24.3. The molecule has 132 valence electrons. The average molecular weight is 338 g/mol. The highest BCUT2D eigenvalue weighted by Gasteiger charge is 2.37. The topological polar surface area (TPSA) is 67.9 Å². The van der Waals surface area contributed by atoms with Gasteiger partial charge in [-0.3, -0.25) is 0 Å². The fourth-order valence-electron chi connectivity index (χ4n) is 2.32. The molecule has 2 amide bonds. The SMILES string of the molecule is CC(C)(C)OC(=O)N[C@H]1CN(C(=O)OCc2ccccc2)C[C@@H]1F. The zero-order valence-corrected chi connectivity index (χ0v) is 14.1. The molecule has 0 radical (unpaired) electrons. The minimum absolute atomic E-state index is 0.0496. The molecule has 1 heterocycles. The Morgan fingerprint density at radius 3 is 2.54 bits per heavy atom. The Morgan fingerprint density at radius 1 is 1.25 bits per heavy atom. The van der Waals surface area contributed by atoms with Gasteiger partial charge in [-0.25, -0.2) is 14.0 Å². The van der Waals surface area contributed by atoms with Crippen LogP contribution in [0.15, 0.2) is 30.3 Å². The number of carbonyl (C=O) groups is 2. The van der Waals surface area contributed by atoms with E-state index in [9.17, 15) is 14.0 Å². The Labute approximate surface area is 140 Å². The third kappa shape index (κ3) is 5.40. The van der Waals surface area contributed by atoms with Gasteiger partial charge in [0.25, 0.3) is 0 Å². The fourth-order valence-corrected chi connectivity index (χ4v) is 2.32. The number of halogens is 1. The van der Waals surface area contributed by atoms with Crippen molar-refractivity contribution in [2.24, 2.45) is 0 Å². The van der Waals surface area contributed by atoms with E-state index in [2.05, 4.69) is 5.32 Å². The molecule has 1 aliphatic rings. The lowest BCUT2D eigenvalue weighted by molar-refractivity contribution is 0.0487. The zero-order chi connectivity index (χ0) is 17.7. The van der Waals surface area contributed by atoms with Gasteiger partial charge in [0.2, 0.25) is 0 Å². The number of alkyl carbamates (subject to hydrolysis) is 1. The number of benzene rings is 1. The van der Waals surface area contributed by atoms with Gasteiger partial charge in [0.1, 0.15) is 18.4 Å². The van der Waals surface area contributed by atoms with Gasteiger partial charge in [-0.05, 0) is 26.3 Å². The summed E-state index contributed by atoms with van der Waals surface area (Å²) in [4.78, 5) is 25.0. The molecule has 0 bridgehead atoms. The van der Waals surface area contributed by atoms with Crippen LogP contribution in [0.5, 0.6) is 0 Å². The Bertz CT molecular complexity index is 574. The monoisotopic (exact) mass is 338 g/mol. The molecule has 2 rings (SSSR count). The smallest absolute Gasteiger partial charge is 0.410 e. The summed E-state index contributed by atoms with van der Waals surface area (Å²) >= 11 is 0. The number of ether oxygens (including phenoxy) is 2. The second kappa shape index (κ2) is 7.51. The summed E-state index contributed by atoms with van der Waals surface area (Å²) in [6, 6.07) is 8.43. The van der Waals surface area contributed by atoms with Crippen LogP contribution in [0.4, 0.5) is 14.0 Å². The van der Waals surface area contributed by atoms with Crippen molar-refractivity contribution in [2.45, 2.75) is 45.2 Å². The Balaban J connectivity index is 1.81. The second-order valence-corrected chi connectivity index (χ2v) is 6.71. The van der Waals surface area contributed by atoms with Gasteiger partial charge >= 0.3 is 12.2 Å².